The van der Waals surface area contributed by atoms with Gasteiger partial charge in [0.05, 0.1) is 8.07 Å². The van der Waals surface area contributed by atoms with Crippen LogP contribution in [0.1, 0.15) is 19.8 Å². The van der Waals surface area contributed by atoms with Gasteiger partial charge in [-0.3, -0.25) is 4.79 Å². The Labute approximate surface area is 81.5 Å². The third-order valence-electron chi connectivity index (χ3n) is 2.39. The van der Waals surface area contributed by atoms with Crippen molar-refractivity contribution >= 4 is 13.9 Å². The molecule has 0 aromatic rings. The lowest BCUT2D eigenvalue weighted by atomic mass is 10.2. The Morgan fingerprint density at radius 1 is 1.38 bits per heavy atom. The molecule has 0 aliphatic heterocycles. The summed E-state index contributed by atoms with van der Waals surface area (Å²) in [4.78, 5) is 10.9. The molecule has 1 nitrogen and oxygen atoms in total. The zero-order valence-electron chi connectivity index (χ0n) is 8.98. The molecule has 0 unspecified atom stereocenters. The topological polar surface area (TPSA) is 17.1 Å². The summed E-state index contributed by atoms with van der Waals surface area (Å²) in [5.41, 5.74) is 1.23. The fraction of sp³-hybridized carbons (Fsp3) is 0.545. The van der Waals surface area contributed by atoms with E-state index in [2.05, 4.69) is 25.7 Å². The number of carbonyl (C=O) groups excluding carboxylic acids is 1. The summed E-state index contributed by atoms with van der Waals surface area (Å²) in [7, 11) is -1.11. The normalized spacial score (nSPS) is 20.6. The Bertz CT molecular complexity index is 279. The van der Waals surface area contributed by atoms with Crippen LogP contribution in [0.25, 0.3) is 0 Å². The summed E-state index contributed by atoms with van der Waals surface area (Å²) in [6.07, 6.45) is 6.26. The number of carbonyl (C=O) groups is 1. The molecule has 0 atom stereocenters. The lowest BCUT2D eigenvalue weighted by molar-refractivity contribution is -0.112. The third-order valence-corrected chi connectivity index (χ3v) is 4.72. The van der Waals surface area contributed by atoms with Gasteiger partial charge in [-0.15, -0.1) is 0 Å². The fourth-order valence-corrected chi connectivity index (χ4v) is 3.11. The second-order valence-corrected chi connectivity index (χ2v) is 9.89. The predicted octanol–water partition coefficient (Wildman–Crippen LogP) is 3.10. The summed E-state index contributed by atoms with van der Waals surface area (Å²) >= 11 is 0. The van der Waals surface area contributed by atoms with E-state index in [1.165, 1.54) is 12.0 Å². The molecule has 0 fully saturated rings. The SMILES string of the molecule is CC(=O)/C=C1\C=C([Si](C)(C)C)CC1. The van der Waals surface area contributed by atoms with Crippen LogP contribution in [0.4, 0.5) is 0 Å². The summed E-state index contributed by atoms with van der Waals surface area (Å²) in [5.74, 6) is 0.170. The summed E-state index contributed by atoms with van der Waals surface area (Å²) in [5, 5.41) is 1.60. The molecule has 0 heterocycles. The van der Waals surface area contributed by atoms with Crippen molar-refractivity contribution in [2.24, 2.45) is 0 Å². The lowest BCUT2D eigenvalue weighted by Gasteiger charge is -2.16. The van der Waals surface area contributed by atoms with E-state index < -0.39 is 8.07 Å². The average Bonchev–Trinajstić information content (AvgIpc) is 2.32. The number of rotatable bonds is 2. The highest BCUT2D eigenvalue weighted by atomic mass is 28.3. The first kappa shape index (κ1) is 10.4. The van der Waals surface area contributed by atoms with Crippen LogP contribution in [0.2, 0.25) is 19.6 Å². The Hall–Kier alpha value is -0.633. The second-order valence-electron chi connectivity index (χ2n) is 4.75. The molecule has 1 rings (SSSR count). The van der Waals surface area contributed by atoms with Gasteiger partial charge in [0.1, 0.15) is 0 Å². The van der Waals surface area contributed by atoms with Gasteiger partial charge in [-0.05, 0) is 31.4 Å². The fourth-order valence-electron chi connectivity index (χ4n) is 1.61. The van der Waals surface area contributed by atoms with Crippen LogP contribution in [0.5, 0.6) is 0 Å². The number of allylic oxidation sites excluding steroid dienone is 4. The molecule has 0 saturated carbocycles. The van der Waals surface area contributed by atoms with Crippen molar-refractivity contribution in [3.05, 3.63) is 22.9 Å². The van der Waals surface area contributed by atoms with Crippen molar-refractivity contribution in [3.8, 4) is 0 Å². The lowest BCUT2D eigenvalue weighted by Crippen LogP contribution is -2.22. The van der Waals surface area contributed by atoms with Gasteiger partial charge in [-0.25, -0.2) is 0 Å². The number of hydrogen-bond donors (Lipinski definition) is 0. The highest BCUT2D eigenvalue weighted by molar-refractivity contribution is 6.83. The van der Waals surface area contributed by atoms with Gasteiger partial charge < -0.3 is 0 Å². The minimum absolute atomic E-state index is 0.170. The van der Waals surface area contributed by atoms with E-state index >= 15 is 0 Å². The summed E-state index contributed by atoms with van der Waals surface area (Å²) in [6.45, 7) is 8.69. The first-order valence-corrected chi connectivity index (χ1v) is 8.32. The maximum Gasteiger partial charge on any atom is 0.152 e. The molecule has 0 aromatic heterocycles. The molecule has 0 amide bonds. The Balaban J connectivity index is 2.81. The molecule has 72 valence electrons. The molecule has 0 radical (unpaired) electrons. The smallest absolute Gasteiger partial charge is 0.152 e. The van der Waals surface area contributed by atoms with E-state index in [0.29, 0.717) is 0 Å². The van der Waals surface area contributed by atoms with Crippen LogP contribution < -0.4 is 0 Å². The average molecular weight is 194 g/mol. The summed E-state index contributed by atoms with van der Waals surface area (Å²) in [6, 6.07) is 0. The number of ketones is 1. The van der Waals surface area contributed by atoms with E-state index in [9.17, 15) is 4.79 Å². The molecule has 13 heavy (non-hydrogen) atoms. The van der Waals surface area contributed by atoms with Crippen molar-refractivity contribution in [2.45, 2.75) is 39.4 Å². The maximum absolute atomic E-state index is 10.9. The minimum Gasteiger partial charge on any atom is -0.295 e. The zero-order chi connectivity index (χ0) is 10.1. The van der Waals surface area contributed by atoms with Crippen LogP contribution in [0.3, 0.4) is 0 Å². The van der Waals surface area contributed by atoms with Crippen LogP contribution in [0, 0.1) is 0 Å². The van der Waals surface area contributed by atoms with Gasteiger partial charge in [-0.2, -0.15) is 0 Å². The Morgan fingerprint density at radius 3 is 2.38 bits per heavy atom. The van der Waals surface area contributed by atoms with Crippen molar-refractivity contribution in [2.75, 3.05) is 0 Å². The van der Waals surface area contributed by atoms with E-state index in [1.54, 1.807) is 18.2 Å². The van der Waals surface area contributed by atoms with Crippen LogP contribution in [-0.4, -0.2) is 13.9 Å². The van der Waals surface area contributed by atoms with Crippen molar-refractivity contribution < 1.29 is 4.79 Å². The molecule has 0 aromatic carbocycles. The van der Waals surface area contributed by atoms with E-state index in [1.807, 2.05) is 0 Å². The van der Waals surface area contributed by atoms with Gasteiger partial charge in [-0.1, -0.05) is 30.9 Å². The van der Waals surface area contributed by atoms with Gasteiger partial charge in [0.15, 0.2) is 5.78 Å². The first-order valence-electron chi connectivity index (χ1n) is 4.82. The standard InChI is InChI=1S/C11H18OSi/c1-9(12)7-10-5-6-11(8-10)13(2,3)4/h7-8H,5-6H2,1-4H3/b10-7-. The van der Waals surface area contributed by atoms with Crippen molar-refractivity contribution in [3.63, 3.8) is 0 Å². The second kappa shape index (κ2) is 3.62. The van der Waals surface area contributed by atoms with Gasteiger partial charge >= 0.3 is 0 Å². The molecule has 0 saturated heterocycles. The molecule has 1 aliphatic rings. The number of hydrogen-bond acceptors (Lipinski definition) is 1. The van der Waals surface area contributed by atoms with E-state index in [0.717, 1.165) is 6.42 Å². The molecule has 0 spiro atoms. The Morgan fingerprint density at radius 2 is 2.00 bits per heavy atom. The van der Waals surface area contributed by atoms with Crippen molar-refractivity contribution in [1.29, 1.82) is 0 Å². The van der Waals surface area contributed by atoms with Crippen molar-refractivity contribution in [1.82, 2.24) is 0 Å². The first-order chi connectivity index (χ1) is 5.89. The monoisotopic (exact) mass is 194 g/mol. The van der Waals surface area contributed by atoms with Gasteiger partial charge in [0.25, 0.3) is 0 Å². The highest BCUT2D eigenvalue weighted by Crippen LogP contribution is 2.30. The molecule has 0 bridgehead atoms. The van der Waals surface area contributed by atoms with Gasteiger partial charge in [0.2, 0.25) is 0 Å². The predicted molar refractivity (Wildman–Crippen MR) is 59.4 cm³/mol. The van der Waals surface area contributed by atoms with E-state index in [4.69, 9.17) is 0 Å². The highest BCUT2D eigenvalue weighted by Gasteiger charge is 2.23. The molecule has 1 aliphatic carbocycles. The third kappa shape index (κ3) is 2.96. The summed E-state index contributed by atoms with van der Waals surface area (Å²) < 4.78 is 0. The molecule has 2 heteroatoms. The van der Waals surface area contributed by atoms with E-state index in [-0.39, 0.29) is 5.78 Å². The molecular weight excluding hydrogens is 176 g/mol. The minimum atomic E-state index is -1.11. The van der Waals surface area contributed by atoms with Crippen LogP contribution >= 0.6 is 0 Å². The quantitative estimate of drug-likeness (QED) is 0.487. The molecule has 0 N–H and O–H groups in total. The largest absolute Gasteiger partial charge is 0.295 e. The van der Waals surface area contributed by atoms with Crippen LogP contribution in [-0.2, 0) is 4.79 Å². The van der Waals surface area contributed by atoms with Crippen LogP contribution in [0.15, 0.2) is 22.9 Å². The molecular formula is C11H18OSi. The maximum atomic E-state index is 10.9. The zero-order valence-corrected chi connectivity index (χ0v) is 9.98. The Kier molecular flexibility index (Phi) is 2.91. The van der Waals surface area contributed by atoms with Gasteiger partial charge in [0, 0.05) is 0 Å².